The van der Waals surface area contributed by atoms with E-state index in [1.807, 2.05) is 30.3 Å². The van der Waals surface area contributed by atoms with Crippen molar-refractivity contribution in [1.82, 2.24) is 19.7 Å². The first kappa shape index (κ1) is 17.3. The molecular weight excluding hydrogens is 358 g/mol. The van der Waals surface area contributed by atoms with Crippen molar-refractivity contribution in [2.75, 3.05) is 0 Å². The van der Waals surface area contributed by atoms with Crippen molar-refractivity contribution in [3.05, 3.63) is 98.2 Å². The number of aromatic nitrogens is 4. The van der Waals surface area contributed by atoms with E-state index >= 15 is 0 Å². The molecule has 0 radical (unpaired) electrons. The molecule has 138 valence electrons. The van der Waals surface area contributed by atoms with Gasteiger partial charge in [0.1, 0.15) is 11.2 Å². The highest BCUT2D eigenvalue weighted by Gasteiger charge is 2.11. The maximum absolute atomic E-state index is 12.4. The second-order valence-corrected chi connectivity index (χ2v) is 6.15. The molecule has 8 heteroatoms. The largest absolute Gasteiger partial charge is 0.306 e. The molecule has 4 aromatic rings. The van der Waals surface area contributed by atoms with Crippen LogP contribution in [0.3, 0.4) is 0 Å². The van der Waals surface area contributed by atoms with Gasteiger partial charge in [-0.1, -0.05) is 42.5 Å². The van der Waals surface area contributed by atoms with Crippen molar-refractivity contribution in [2.45, 2.75) is 6.54 Å². The predicted molar refractivity (Wildman–Crippen MR) is 106 cm³/mol. The van der Waals surface area contributed by atoms with Gasteiger partial charge in [-0.25, -0.2) is 4.98 Å². The maximum atomic E-state index is 12.4. The number of nitrogens with zero attached hydrogens (tertiary/aromatic N) is 4. The van der Waals surface area contributed by atoms with Crippen molar-refractivity contribution in [2.24, 2.45) is 0 Å². The fourth-order valence-corrected chi connectivity index (χ4v) is 2.87. The quantitative estimate of drug-likeness (QED) is 0.427. The van der Waals surface area contributed by atoms with Crippen LogP contribution in [0.25, 0.3) is 23.2 Å². The molecule has 0 unspecified atom stereocenters. The summed E-state index contributed by atoms with van der Waals surface area (Å²) in [4.78, 5) is 30.0. The van der Waals surface area contributed by atoms with Crippen molar-refractivity contribution >= 4 is 28.9 Å². The van der Waals surface area contributed by atoms with Crippen LogP contribution >= 0.6 is 0 Å². The summed E-state index contributed by atoms with van der Waals surface area (Å²) in [7, 11) is 0. The third kappa shape index (κ3) is 3.56. The number of nitrogens with one attached hydrogen (secondary N) is 1. The minimum Gasteiger partial charge on any atom is -0.306 e. The topological polar surface area (TPSA) is 107 Å². The molecule has 0 bridgehead atoms. The summed E-state index contributed by atoms with van der Waals surface area (Å²) in [6.45, 7) is 0.526. The standard InChI is InChI=1S/C20H15N5O3/c26-20-16-13-24(12-14-6-2-1-3-7-14)23-19(16)21-18(22-20)11-10-15-8-4-5-9-17(15)25(27)28/h1-11,13H,12H2,(H,21,22,23,26)/b11-10+. The fourth-order valence-electron chi connectivity index (χ4n) is 2.87. The molecule has 0 saturated carbocycles. The smallest absolute Gasteiger partial charge is 0.276 e. The van der Waals surface area contributed by atoms with E-state index in [1.54, 1.807) is 35.2 Å². The van der Waals surface area contributed by atoms with Crippen molar-refractivity contribution < 1.29 is 4.92 Å². The van der Waals surface area contributed by atoms with Gasteiger partial charge in [0.25, 0.3) is 11.2 Å². The number of fused-ring (bicyclic) bond motifs is 1. The molecule has 28 heavy (non-hydrogen) atoms. The Kier molecular flexibility index (Phi) is 4.51. The van der Waals surface area contributed by atoms with Crippen LogP contribution in [0.5, 0.6) is 0 Å². The van der Waals surface area contributed by atoms with Gasteiger partial charge < -0.3 is 4.98 Å². The summed E-state index contributed by atoms with van der Waals surface area (Å²) < 4.78 is 1.66. The number of nitro groups is 1. The normalized spacial score (nSPS) is 11.3. The van der Waals surface area contributed by atoms with Crippen LogP contribution in [0.1, 0.15) is 17.0 Å². The Bertz CT molecular complexity index is 1240. The highest BCUT2D eigenvalue weighted by atomic mass is 16.6. The van der Waals surface area contributed by atoms with Crippen LogP contribution in [-0.2, 0) is 6.54 Å². The first-order chi connectivity index (χ1) is 13.6. The van der Waals surface area contributed by atoms with Gasteiger partial charge in [0.2, 0.25) is 0 Å². The van der Waals surface area contributed by atoms with Gasteiger partial charge in [0, 0.05) is 12.3 Å². The molecule has 0 amide bonds. The molecule has 0 aliphatic rings. The van der Waals surface area contributed by atoms with Gasteiger partial charge in [-0.2, -0.15) is 5.10 Å². The summed E-state index contributed by atoms with van der Waals surface area (Å²) >= 11 is 0. The molecule has 0 aliphatic carbocycles. The number of hydrogen-bond donors (Lipinski definition) is 1. The zero-order valence-corrected chi connectivity index (χ0v) is 14.6. The van der Waals surface area contributed by atoms with Gasteiger partial charge >= 0.3 is 0 Å². The monoisotopic (exact) mass is 373 g/mol. The Morgan fingerprint density at radius 3 is 2.61 bits per heavy atom. The fraction of sp³-hybridized carbons (Fsp3) is 0.0500. The first-order valence-corrected chi connectivity index (χ1v) is 8.53. The van der Waals surface area contributed by atoms with E-state index in [0.717, 1.165) is 5.56 Å². The SMILES string of the molecule is O=c1[nH]c(/C=C/c2ccccc2[N+](=O)[O-])nc2nn(Cc3ccccc3)cc12. The van der Waals surface area contributed by atoms with Crippen molar-refractivity contribution in [3.63, 3.8) is 0 Å². The Hall–Kier alpha value is -4.07. The van der Waals surface area contributed by atoms with E-state index < -0.39 is 4.92 Å². The molecule has 1 N–H and O–H groups in total. The van der Waals surface area contributed by atoms with E-state index in [0.29, 0.717) is 23.1 Å². The maximum Gasteiger partial charge on any atom is 0.276 e. The van der Waals surface area contributed by atoms with Gasteiger partial charge in [-0.3, -0.25) is 19.6 Å². The number of aromatic amines is 1. The van der Waals surface area contributed by atoms with Crippen LogP contribution in [0.15, 0.2) is 65.6 Å². The van der Waals surface area contributed by atoms with Gasteiger partial charge in [0.15, 0.2) is 5.65 Å². The van der Waals surface area contributed by atoms with Gasteiger partial charge in [-0.05, 0) is 23.8 Å². The Balaban J connectivity index is 1.66. The molecule has 0 fully saturated rings. The first-order valence-electron chi connectivity index (χ1n) is 8.53. The summed E-state index contributed by atoms with van der Waals surface area (Å²) in [6, 6.07) is 16.1. The molecule has 0 spiro atoms. The third-order valence-electron chi connectivity index (χ3n) is 4.20. The lowest BCUT2D eigenvalue weighted by atomic mass is 10.1. The molecule has 4 rings (SSSR count). The number of H-pyrrole nitrogens is 1. The van der Waals surface area contributed by atoms with Crippen molar-refractivity contribution in [1.29, 1.82) is 0 Å². The zero-order valence-electron chi connectivity index (χ0n) is 14.6. The molecule has 2 aromatic heterocycles. The predicted octanol–water partition coefficient (Wildman–Crippen LogP) is 3.25. The van der Waals surface area contributed by atoms with Crippen LogP contribution in [0.2, 0.25) is 0 Å². The zero-order chi connectivity index (χ0) is 19.5. The van der Waals surface area contributed by atoms with E-state index in [-0.39, 0.29) is 17.1 Å². The molecule has 0 atom stereocenters. The number of hydrogen-bond acceptors (Lipinski definition) is 5. The average molecular weight is 373 g/mol. The Labute approximate surface area is 158 Å². The lowest BCUT2D eigenvalue weighted by Crippen LogP contribution is -2.08. The van der Waals surface area contributed by atoms with E-state index in [2.05, 4.69) is 15.1 Å². The molecule has 0 saturated heterocycles. The average Bonchev–Trinajstić information content (AvgIpc) is 3.10. The van der Waals surface area contributed by atoms with Crippen LogP contribution in [-0.4, -0.2) is 24.7 Å². The summed E-state index contributed by atoms with van der Waals surface area (Å²) in [5.74, 6) is 0.278. The van der Waals surface area contributed by atoms with E-state index in [9.17, 15) is 14.9 Å². The number of rotatable bonds is 5. The highest BCUT2D eigenvalue weighted by molar-refractivity contribution is 5.76. The van der Waals surface area contributed by atoms with Crippen LogP contribution in [0.4, 0.5) is 5.69 Å². The lowest BCUT2D eigenvalue weighted by Gasteiger charge is -1.99. The molecule has 0 aliphatic heterocycles. The third-order valence-corrected chi connectivity index (χ3v) is 4.20. The lowest BCUT2D eigenvalue weighted by molar-refractivity contribution is -0.385. The Morgan fingerprint density at radius 2 is 1.82 bits per heavy atom. The second kappa shape index (κ2) is 7.28. The molecule has 2 heterocycles. The van der Waals surface area contributed by atoms with Gasteiger partial charge in [0.05, 0.1) is 17.0 Å². The summed E-state index contributed by atoms with van der Waals surface area (Å²) in [5, 5.41) is 15.9. The summed E-state index contributed by atoms with van der Waals surface area (Å²) in [6.07, 6.45) is 4.73. The van der Waals surface area contributed by atoms with Crippen LogP contribution < -0.4 is 5.56 Å². The summed E-state index contributed by atoms with van der Waals surface area (Å²) in [5.41, 5.74) is 1.47. The molecule has 8 nitrogen and oxygen atoms in total. The van der Waals surface area contributed by atoms with E-state index in [4.69, 9.17) is 0 Å². The van der Waals surface area contributed by atoms with Crippen molar-refractivity contribution in [3.8, 4) is 0 Å². The minimum atomic E-state index is -0.454. The van der Waals surface area contributed by atoms with E-state index in [1.165, 1.54) is 12.1 Å². The van der Waals surface area contributed by atoms with Gasteiger partial charge in [-0.15, -0.1) is 0 Å². The minimum absolute atomic E-state index is 0.0192. The molecule has 2 aromatic carbocycles. The number of para-hydroxylation sites is 1. The highest BCUT2D eigenvalue weighted by Crippen LogP contribution is 2.19. The number of nitro benzene ring substituents is 1. The number of benzene rings is 2. The molecular formula is C20H15N5O3. The second-order valence-electron chi connectivity index (χ2n) is 6.15. The van der Waals surface area contributed by atoms with Crippen LogP contribution in [0, 0.1) is 10.1 Å². The Morgan fingerprint density at radius 1 is 1.07 bits per heavy atom.